The van der Waals surface area contributed by atoms with Crippen molar-refractivity contribution in [3.63, 3.8) is 0 Å². The number of rotatable bonds is 7. The summed E-state index contributed by atoms with van der Waals surface area (Å²) in [6.07, 6.45) is 3.13. The predicted octanol–water partition coefficient (Wildman–Crippen LogP) is 4.10. The minimum absolute atomic E-state index is 0.0741. The van der Waals surface area contributed by atoms with E-state index in [1.807, 2.05) is 12.1 Å². The van der Waals surface area contributed by atoms with Crippen LogP contribution in [-0.4, -0.2) is 24.0 Å². The number of benzene rings is 2. The van der Waals surface area contributed by atoms with Crippen LogP contribution in [0.25, 0.3) is 0 Å². The van der Waals surface area contributed by atoms with Crippen LogP contribution in [0, 0.1) is 0 Å². The Kier molecular flexibility index (Phi) is 5.57. The van der Waals surface area contributed by atoms with Crippen molar-refractivity contribution in [2.75, 3.05) is 6.61 Å². The van der Waals surface area contributed by atoms with Crippen molar-refractivity contribution >= 4 is 0 Å². The minimum Gasteiger partial charge on any atom is -0.346 e. The number of hydrogen-bond donors (Lipinski definition) is 1. The Morgan fingerprint density at radius 2 is 1.40 bits per heavy atom. The lowest BCUT2D eigenvalue weighted by atomic mass is 9.88. The summed E-state index contributed by atoms with van der Waals surface area (Å²) in [5, 5.41) is 0. The molecule has 3 heteroatoms. The zero-order chi connectivity index (χ0) is 17.8. The first-order chi connectivity index (χ1) is 12.1. The van der Waals surface area contributed by atoms with Gasteiger partial charge in [-0.3, -0.25) is 0 Å². The molecule has 0 spiro atoms. The number of ether oxygens (including phenoxy) is 2. The van der Waals surface area contributed by atoms with Gasteiger partial charge in [-0.2, -0.15) is 0 Å². The summed E-state index contributed by atoms with van der Waals surface area (Å²) in [4.78, 5) is 0. The average Bonchev–Trinajstić information content (AvgIpc) is 3.07. The highest BCUT2D eigenvalue weighted by Gasteiger charge is 2.47. The van der Waals surface area contributed by atoms with Gasteiger partial charge in [-0.05, 0) is 24.0 Å². The largest absolute Gasteiger partial charge is 0.346 e. The molecule has 0 radical (unpaired) electrons. The molecular weight excluding hydrogens is 310 g/mol. The molecule has 1 heterocycles. The van der Waals surface area contributed by atoms with Gasteiger partial charge in [-0.1, -0.05) is 74.5 Å². The van der Waals surface area contributed by atoms with Gasteiger partial charge in [0, 0.05) is 18.4 Å². The second-order valence-electron chi connectivity index (χ2n) is 7.09. The fourth-order valence-corrected chi connectivity index (χ4v) is 3.61. The van der Waals surface area contributed by atoms with Gasteiger partial charge in [0.1, 0.15) is 6.10 Å². The molecule has 25 heavy (non-hydrogen) atoms. The van der Waals surface area contributed by atoms with Gasteiger partial charge in [-0.25, -0.2) is 0 Å². The summed E-state index contributed by atoms with van der Waals surface area (Å²) >= 11 is 0. The first-order valence-electron chi connectivity index (χ1n) is 9.28. The van der Waals surface area contributed by atoms with Gasteiger partial charge in [0.2, 0.25) is 0 Å². The summed E-state index contributed by atoms with van der Waals surface area (Å²) in [6.45, 7) is 4.81. The second kappa shape index (κ2) is 7.69. The molecule has 2 aromatic carbocycles. The lowest BCUT2D eigenvalue weighted by molar-refractivity contribution is -0.173. The van der Waals surface area contributed by atoms with E-state index in [1.54, 1.807) is 0 Å². The van der Waals surface area contributed by atoms with Gasteiger partial charge in [0.05, 0.1) is 6.61 Å². The van der Waals surface area contributed by atoms with Crippen LogP contribution in [0.5, 0.6) is 0 Å². The van der Waals surface area contributed by atoms with Gasteiger partial charge >= 0.3 is 0 Å². The normalized spacial score (nSPS) is 19.9. The van der Waals surface area contributed by atoms with Crippen LogP contribution in [0.4, 0.5) is 0 Å². The molecule has 1 unspecified atom stereocenters. The fraction of sp³-hybridized carbons (Fsp3) is 0.455. The summed E-state index contributed by atoms with van der Waals surface area (Å²) in [5.74, 6) is -0.650. The van der Waals surface area contributed by atoms with Crippen molar-refractivity contribution in [3.8, 4) is 0 Å². The lowest BCUT2D eigenvalue weighted by Gasteiger charge is -2.35. The van der Waals surface area contributed by atoms with Crippen molar-refractivity contribution < 1.29 is 9.47 Å². The molecule has 0 bridgehead atoms. The van der Waals surface area contributed by atoms with Crippen LogP contribution in [0.2, 0.25) is 0 Å². The van der Waals surface area contributed by atoms with Gasteiger partial charge in [-0.15, -0.1) is 0 Å². The minimum atomic E-state index is -0.650. The summed E-state index contributed by atoms with van der Waals surface area (Å²) in [5.41, 5.74) is 8.70. The van der Waals surface area contributed by atoms with Crippen LogP contribution >= 0.6 is 0 Å². The molecule has 134 valence electrons. The fourth-order valence-electron chi connectivity index (χ4n) is 3.61. The van der Waals surface area contributed by atoms with E-state index in [2.05, 4.69) is 62.4 Å². The van der Waals surface area contributed by atoms with E-state index in [0.29, 0.717) is 6.61 Å². The lowest BCUT2D eigenvalue weighted by Crippen LogP contribution is -2.52. The van der Waals surface area contributed by atoms with Gasteiger partial charge in [0.15, 0.2) is 5.79 Å². The Balaban J connectivity index is 1.85. The van der Waals surface area contributed by atoms with Gasteiger partial charge < -0.3 is 15.2 Å². The summed E-state index contributed by atoms with van der Waals surface area (Å²) in [7, 11) is 0. The first kappa shape index (κ1) is 18.1. The maximum absolute atomic E-state index is 6.60. The topological polar surface area (TPSA) is 44.5 Å². The molecule has 0 amide bonds. The molecule has 1 aliphatic rings. The van der Waals surface area contributed by atoms with E-state index in [4.69, 9.17) is 15.2 Å². The van der Waals surface area contributed by atoms with E-state index in [-0.39, 0.29) is 11.6 Å². The Bertz CT molecular complexity index is 611. The van der Waals surface area contributed by atoms with Crippen LogP contribution in [0.1, 0.15) is 37.8 Å². The molecule has 1 fully saturated rings. The average molecular weight is 339 g/mol. The van der Waals surface area contributed by atoms with Gasteiger partial charge in [0.25, 0.3) is 0 Å². The quantitative estimate of drug-likeness (QED) is 0.826. The molecule has 3 rings (SSSR count). The highest BCUT2D eigenvalue weighted by molar-refractivity contribution is 5.21. The molecule has 3 nitrogen and oxygen atoms in total. The van der Waals surface area contributed by atoms with E-state index >= 15 is 0 Å². The third-order valence-electron chi connectivity index (χ3n) is 5.45. The molecule has 1 aliphatic heterocycles. The highest BCUT2D eigenvalue weighted by atomic mass is 16.7. The van der Waals surface area contributed by atoms with Crippen molar-refractivity contribution in [1.29, 1.82) is 0 Å². The van der Waals surface area contributed by atoms with E-state index < -0.39 is 5.79 Å². The predicted molar refractivity (Wildman–Crippen MR) is 101 cm³/mol. The second-order valence-corrected chi connectivity index (χ2v) is 7.09. The van der Waals surface area contributed by atoms with E-state index in [9.17, 15) is 0 Å². The molecule has 0 saturated carbocycles. The van der Waals surface area contributed by atoms with Crippen LogP contribution in [0.3, 0.4) is 0 Å². The molecule has 0 aromatic heterocycles. The summed E-state index contributed by atoms with van der Waals surface area (Å²) in [6, 6.07) is 20.8. The Morgan fingerprint density at radius 1 is 0.920 bits per heavy atom. The van der Waals surface area contributed by atoms with Crippen LogP contribution < -0.4 is 5.73 Å². The maximum atomic E-state index is 6.60. The summed E-state index contributed by atoms with van der Waals surface area (Å²) < 4.78 is 12.9. The van der Waals surface area contributed by atoms with E-state index in [1.165, 1.54) is 11.1 Å². The molecule has 2 N–H and O–H groups in total. The zero-order valence-corrected chi connectivity index (χ0v) is 15.3. The third-order valence-corrected chi connectivity index (χ3v) is 5.45. The first-order valence-corrected chi connectivity index (χ1v) is 9.28. The Labute approximate surface area is 151 Å². The van der Waals surface area contributed by atoms with E-state index in [0.717, 1.165) is 25.7 Å². The van der Waals surface area contributed by atoms with Crippen molar-refractivity contribution in [2.24, 2.45) is 5.73 Å². The Hall–Kier alpha value is -1.68. The molecular formula is C22H29NO2. The van der Waals surface area contributed by atoms with Crippen LogP contribution in [-0.2, 0) is 22.3 Å². The standard InChI is InChI=1S/C22H29NO2/c1-3-21(23,4-2)20-17-24-22(25-20,15-18-11-7-5-8-12-18)16-19-13-9-6-10-14-19/h5-14,20H,3-4,15-17,23H2,1-2H3. The zero-order valence-electron chi connectivity index (χ0n) is 15.3. The molecule has 0 aliphatic carbocycles. The smallest absolute Gasteiger partial charge is 0.176 e. The van der Waals surface area contributed by atoms with Crippen molar-refractivity contribution in [2.45, 2.75) is 57.0 Å². The molecule has 1 atom stereocenters. The SMILES string of the molecule is CCC(N)(CC)C1COC(Cc2ccccc2)(Cc2ccccc2)O1. The Morgan fingerprint density at radius 3 is 1.84 bits per heavy atom. The molecule has 2 aromatic rings. The molecule has 1 saturated heterocycles. The number of nitrogens with two attached hydrogens (primary N) is 1. The maximum Gasteiger partial charge on any atom is 0.176 e. The highest BCUT2D eigenvalue weighted by Crippen LogP contribution is 2.36. The number of hydrogen-bond acceptors (Lipinski definition) is 3. The monoisotopic (exact) mass is 339 g/mol. The van der Waals surface area contributed by atoms with Crippen molar-refractivity contribution in [3.05, 3.63) is 71.8 Å². The third kappa shape index (κ3) is 4.12. The van der Waals surface area contributed by atoms with Crippen LogP contribution in [0.15, 0.2) is 60.7 Å². The van der Waals surface area contributed by atoms with Crippen molar-refractivity contribution in [1.82, 2.24) is 0 Å².